The van der Waals surface area contributed by atoms with E-state index >= 15 is 0 Å². The lowest BCUT2D eigenvalue weighted by Gasteiger charge is -2.38. The molecule has 15 heavy (non-hydrogen) atoms. The second-order valence-electron chi connectivity index (χ2n) is 4.12. The highest BCUT2D eigenvalue weighted by atomic mass is 32.2. The van der Waals surface area contributed by atoms with Gasteiger partial charge in [0.2, 0.25) is 6.19 Å². The maximum Gasteiger partial charge on any atom is 0.208 e. The first-order valence-electron chi connectivity index (χ1n) is 5.23. The minimum atomic E-state index is -0.163. The molecule has 2 rings (SSSR count). The van der Waals surface area contributed by atoms with Crippen molar-refractivity contribution in [2.75, 3.05) is 6.26 Å². The zero-order chi connectivity index (χ0) is 10.8. The number of aliphatic hydroxyl groups is 1. The van der Waals surface area contributed by atoms with Gasteiger partial charge in [-0.05, 0) is 31.9 Å². The molecule has 2 unspecified atom stereocenters. The van der Waals surface area contributed by atoms with Gasteiger partial charge < -0.3 is 10.0 Å². The third-order valence-corrected chi connectivity index (χ3v) is 3.92. The molecule has 0 spiro atoms. The summed E-state index contributed by atoms with van der Waals surface area (Å²) in [5, 5.41) is 19.1. The molecule has 2 aliphatic heterocycles. The molecule has 0 aromatic carbocycles. The van der Waals surface area contributed by atoms with Gasteiger partial charge in [-0.15, -0.1) is 4.99 Å². The minimum Gasteiger partial charge on any atom is -0.393 e. The molecule has 2 fully saturated rings. The summed E-state index contributed by atoms with van der Waals surface area (Å²) in [6.07, 6.45) is 7.52. The second kappa shape index (κ2) is 4.42. The third kappa shape index (κ3) is 1.97. The predicted molar refractivity (Wildman–Crippen MR) is 60.5 cm³/mol. The number of rotatable bonds is 0. The molecule has 0 saturated carbocycles. The number of aliphatic imine (C=N–C) groups is 1. The number of thioether (sulfide) groups is 1. The van der Waals surface area contributed by atoms with Crippen LogP contribution >= 0.6 is 11.8 Å². The molecule has 0 aliphatic carbocycles. The lowest BCUT2D eigenvalue weighted by atomic mass is 10.0. The number of hydrogen-bond donors (Lipinski definition) is 1. The van der Waals surface area contributed by atoms with Crippen molar-refractivity contribution in [3.63, 3.8) is 0 Å². The van der Waals surface area contributed by atoms with Crippen LogP contribution in [0.25, 0.3) is 0 Å². The molecule has 2 saturated heterocycles. The van der Waals surface area contributed by atoms with Gasteiger partial charge in [0.15, 0.2) is 5.17 Å². The van der Waals surface area contributed by atoms with Gasteiger partial charge in [0, 0.05) is 12.1 Å². The molecule has 4 nitrogen and oxygen atoms in total. The van der Waals surface area contributed by atoms with E-state index < -0.39 is 0 Å². The smallest absolute Gasteiger partial charge is 0.208 e. The fraction of sp³-hybridized carbons (Fsp3) is 0.800. The van der Waals surface area contributed by atoms with Crippen LogP contribution < -0.4 is 0 Å². The molecular formula is C10H15N3OS. The summed E-state index contributed by atoms with van der Waals surface area (Å²) in [5.41, 5.74) is 0. The SMILES string of the molecule is CSC(=NC#N)N1C2CCC1CC(O)C2. The number of aliphatic hydroxyl groups excluding tert-OH is 1. The van der Waals surface area contributed by atoms with E-state index in [1.807, 2.05) is 12.4 Å². The van der Waals surface area contributed by atoms with Crippen LogP contribution in [0.5, 0.6) is 0 Å². The molecule has 2 bridgehead atoms. The summed E-state index contributed by atoms with van der Waals surface area (Å²) < 4.78 is 0. The number of piperidine rings is 1. The Morgan fingerprint density at radius 3 is 2.53 bits per heavy atom. The highest BCUT2D eigenvalue weighted by Gasteiger charge is 2.41. The van der Waals surface area contributed by atoms with Gasteiger partial charge in [-0.1, -0.05) is 11.8 Å². The highest BCUT2D eigenvalue weighted by molar-refractivity contribution is 8.13. The molecule has 0 amide bonds. The number of nitriles is 1. The molecule has 2 atom stereocenters. The number of hydrogen-bond acceptors (Lipinski definition) is 4. The Morgan fingerprint density at radius 2 is 2.07 bits per heavy atom. The van der Waals surface area contributed by atoms with E-state index in [1.165, 1.54) is 11.8 Å². The van der Waals surface area contributed by atoms with E-state index in [9.17, 15) is 5.11 Å². The van der Waals surface area contributed by atoms with E-state index in [4.69, 9.17) is 5.26 Å². The van der Waals surface area contributed by atoms with Crippen LogP contribution in [-0.4, -0.2) is 39.6 Å². The predicted octanol–water partition coefficient (Wildman–Crippen LogP) is 1.17. The van der Waals surface area contributed by atoms with Gasteiger partial charge in [-0.25, -0.2) is 0 Å². The second-order valence-corrected chi connectivity index (χ2v) is 4.89. The standard InChI is InChI=1S/C10H15N3OS/c1-15-10(12-6-11)13-7-2-3-8(13)5-9(14)4-7/h7-9,14H,2-5H2,1H3. The monoisotopic (exact) mass is 225 g/mol. The topological polar surface area (TPSA) is 59.6 Å². The van der Waals surface area contributed by atoms with Gasteiger partial charge in [0.25, 0.3) is 0 Å². The highest BCUT2D eigenvalue weighted by Crippen LogP contribution is 2.37. The molecule has 2 heterocycles. The first kappa shape index (κ1) is 10.8. The number of nitrogens with zero attached hydrogens (tertiary/aromatic N) is 3. The Hall–Kier alpha value is -0.730. The Labute approximate surface area is 94.0 Å². The molecule has 2 aliphatic rings. The van der Waals surface area contributed by atoms with Crippen LogP contribution in [0.4, 0.5) is 0 Å². The summed E-state index contributed by atoms with van der Waals surface area (Å²) in [5.74, 6) is 0. The van der Waals surface area contributed by atoms with E-state index in [-0.39, 0.29) is 6.10 Å². The Bertz CT molecular complexity index is 298. The first-order valence-corrected chi connectivity index (χ1v) is 6.46. The summed E-state index contributed by atoms with van der Waals surface area (Å²) in [6, 6.07) is 0.775. The molecule has 0 aromatic rings. The van der Waals surface area contributed by atoms with Crippen molar-refractivity contribution >= 4 is 16.9 Å². The van der Waals surface area contributed by atoms with Crippen molar-refractivity contribution in [2.45, 2.75) is 43.9 Å². The summed E-state index contributed by atoms with van der Waals surface area (Å²) in [7, 11) is 0. The lowest BCUT2D eigenvalue weighted by molar-refractivity contribution is 0.0726. The number of fused-ring (bicyclic) bond motifs is 2. The van der Waals surface area contributed by atoms with E-state index in [0.717, 1.165) is 30.9 Å². The van der Waals surface area contributed by atoms with Crippen LogP contribution in [0.1, 0.15) is 25.7 Å². The molecule has 82 valence electrons. The Morgan fingerprint density at radius 1 is 1.47 bits per heavy atom. The largest absolute Gasteiger partial charge is 0.393 e. The van der Waals surface area contributed by atoms with Gasteiger partial charge in [-0.3, -0.25) is 0 Å². The normalized spacial score (nSPS) is 35.4. The van der Waals surface area contributed by atoms with Gasteiger partial charge in [0.1, 0.15) is 0 Å². The molecule has 0 aromatic heterocycles. The summed E-state index contributed by atoms with van der Waals surface area (Å²) in [6.45, 7) is 0. The molecular weight excluding hydrogens is 210 g/mol. The van der Waals surface area contributed by atoms with Crippen molar-refractivity contribution in [1.29, 1.82) is 5.26 Å². The van der Waals surface area contributed by atoms with Crippen LogP contribution in [-0.2, 0) is 0 Å². The fourth-order valence-corrected chi connectivity index (χ4v) is 3.35. The van der Waals surface area contributed by atoms with E-state index in [2.05, 4.69) is 9.89 Å². The summed E-state index contributed by atoms with van der Waals surface area (Å²) in [4.78, 5) is 6.10. The van der Waals surface area contributed by atoms with Crippen LogP contribution in [0.2, 0.25) is 0 Å². The fourth-order valence-electron chi connectivity index (χ4n) is 2.71. The van der Waals surface area contributed by atoms with E-state index in [0.29, 0.717) is 12.1 Å². The first-order chi connectivity index (χ1) is 7.26. The minimum absolute atomic E-state index is 0.163. The Balaban J connectivity index is 2.17. The average Bonchev–Trinajstić information content (AvgIpc) is 2.47. The van der Waals surface area contributed by atoms with Crippen LogP contribution in [0.15, 0.2) is 4.99 Å². The van der Waals surface area contributed by atoms with Gasteiger partial charge in [-0.2, -0.15) is 5.26 Å². The summed E-state index contributed by atoms with van der Waals surface area (Å²) >= 11 is 1.52. The van der Waals surface area contributed by atoms with Crippen molar-refractivity contribution in [3.8, 4) is 6.19 Å². The zero-order valence-electron chi connectivity index (χ0n) is 8.76. The molecule has 0 radical (unpaired) electrons. The van der Waals surface area contributed by atoms with Crippen molar-refractivity contribution in [2.24, 2.45) is 4.99 Å². The average molecular weight is 225 g/mol. The molecule has 1 N–H and O–H groups in total. The van der Waals surface area contributed by atoms with Crippen LogP contribution in [0, 0.1) is 11.5 Å². The van der Waals surface area contributed by atoms with Crippen molar-refractivity contribution in [3.05, 3.63) is 0 Å². The maximum absolute atomic E-state index is 9.65. The van der Waals surface area contributed by atoms with Gasteiger partial charge in [0.05, 0.1) is 6.10 Å². The lowest BCUT2D eigenvalue weighted by Crippen LogP contribution is -2.46. The quantitative estimate of drug-likeness (QED) is 0.382. The maximum atomic E-state index is 9.65. The zero-order valence-corrected chi connectivity index (χ0v) is 9.57. The van der Waals surface area contributed by atoms with Crippen molar-refractivity contribution < 1.29 is 5.11 Å². The third-order valence-electron chi connectivity index (χ3n) is 3.26. The number of amidine groups is 1. The van der Waals surface area contributed by atoms with Crippen LogP contribution in [0.3, 0.4) is 0 Å². The molecule has 5 heteroatoms. The van der Waals surface area contributed by atoms with Crippen molar-refractivity contribution in [1.82, 2.24) is 4.90 Å². The Kier molecular flexibility index (Phi) is 3.17. The van der Waals surface area contributed by atoms with Gasteiger partial charge >= 0.3 is 0 Å². The van der Waals surface area contributed by atoms with E-state index in [1.54, 1.807) is 0 Å².